The van der Waals surface area contributed by atoms with Gasteiger partial charge in [0.05, 0.1) is 13.2 Å². The SMILES string of the molecule is O=C(NCCc1ccc(F)cc1)C1(C(=O)N2CCOCC2)CC1. The highest BCUT2D eigenvalue weighted by Gasteiger charge is 2.57. The highest BCUT2D eigenvalue weighted by molar-refractivity contribution is 6.07. The normalized spacial score (nSPS) is 19.3. The fourth-order valence-corrected chi connectivity index (χ4v) is 2.87. The van der Waals surface area contributed by atoms with Crippen molar-refractivity contribution in [3.63, 3.8) is 0 Å². The molecule has 1 aromatic rings. The summed E-state index contributed by atoms with van der Waals surface area (Å²) in [5.74, 6) is -0.526. The number of ether oxygens (including phenoxy) is 1. The smallest absolute Gasteiger partial charge is 0.238 e. The zero-order valence-electron chi connectivity index (χ0n) is 13.0. The van der Waals surface area contributed by atoms with Crippen molar-refractivity contribution in [2.75, 3.05) is 32.8 Å². The molecule has 1 heterocycles. The van der Waals surface area contributed by atoms with E-state index in [1.54, 1.807) is 17.0 Å². The van der Waals surface area contributed by atoms with Gasteiger partial charge in [-0.3, -0.25) is 9.59 Å². The van der Waals surface area contributed by atoms with Crippen molar-refractivity contribution in [1.29, 1.82) is 0 Å². The predicted molar refractivity (Wildman–Crippen MR) is 82.2 cm³/mol. The van der Waals surface area contributed by atoms with Crippen LogP contribution < -0.4 is 5.32 Å². The van der Waals surface area contributed by atoms with Crippen molar-refractivity contribution in [1.82, 2.24) is 10.2 Å². The van der Waals surface area contributed by atoms with Gasteiger partial charge in [0.25, 0.3) is 0 Å². The molecule has 124 valence electrons. The Labute approximate surface area is 134 Å². The van der Waals surface area contributed by atoms with E-state index in [-0.39, 0.29) is 17.6 Å². The van der Waals surface area contributed by atoms with Crippen LogP contribution in [0.2, 0.25) is 0 Å². The van der Waals surface area contributed by atoms with Gasteiger partial charge in [0.1, 0.15) is 11.2 Å². The summed E-state index contributed by atoms with van der Waals surface area (Å²) in [6.45, 7) is 2.64. The van der Waals surface area contributed by atoms with Gasteiger partial charge in [-0.2, -0.15) is 0 Å². The van der Waals surface area contributed by atoms with Crippen molar-refractivity contribution in [2.45, 2.75) is 19.3 Å². The van der Waals surface area contributed by atoms with Crippen LogP contribution in [0.15, 0.2) is 24.3 Å². The fourth-order valence-electron chi connectivity index (χ4n) is 2.87. The van der Waals surface area contributed by atoms with Crippen molar-refractivity contribution >= 4 is 11.8 Å². The van der Waals surface area contributed by atoms with Crippen LogP contribution in [0.5, 0.6) is 0 Å². The molecule has 1 aromatic carbocycles. The summed E-state index contributed by atoms with van der Waals surface area (Å²) in [6, 6.07) is 6.21. The van der Waals surface area contributed by atoms with Crippen molar-refractivity contribution in [3.05, 3.63) is 35.6 Å². The maximum absolute atomic E-state index is 12.8. The van der Waals surface area contributed by atoms with Crippen LogP contribution in [0.3, 0.4) is 0 Å². The molecule has 0 radical (unpaired) electrons. The van der Waals surface area contributed by atoms with E-state index < -0.39 is 5.41 Å². The van der Waals surface area contributed by atoms with Crippen molar-refractivity contribution in [2.24, 2.45) is 5.41 Å². The Hall–Kier alpha value is -1.95. The number of benzene rings is 1. The lowest BCUT2D eigenvalue weighted by molar-refractivity contribution is -0.147. The Morgan fingerprint density at radius 3 is 2.43 bits per heavy atom. The van der Waals surface area contributed by atoms with Crippen molar-refractivity contribution < 1.29 is 18.7 Å². The van der Waals surface area contributed by atoms with Gasteiger partial charge in [-0.15, -0.1) is 0 Å². The molecule has 1 saturated heterocycles. The first-order chi connectivity index (χ1) is 11.1. The molecule has 2 amide bonds. The second kappa shape index (κ2) is 6.66. The summed E-state index contributed by atoms with van der Waals surface area (Å²) in [7, 11) is 0. The van der Waals surface area contributed by atoms with E-state index in [9.17, 15) is 14.0 Å². The molecule has 2 aliphatic rings. The minimum atomic E-state index is -0.861. The largest absolute Gasteiger partial charge is 0.378 e. The maximum Gasteiger partial charge on any atom is 0.238 e. The highest BCUT2D eigenvalue weighted by atomic mass is 19.1. The molecule has 0 unspecified atom stereocenters. The van der Waals surface area contributed by atoms with E-state index in [0.29, 0.717) is 52.1 Å². The van der Waals surface area contributed by atoms with Crippen LogP contribution in [0.1, 0.15) is 18.4 Å². The van der Waals surface area contributed by atoms with Gasteiger partial charge >= 0.3 is 0 Å². The van der Waals surface area contributed by atoms with Crippen LogP contribution in [-0.4, -0.2) is 49.6 Å². The molecule has 2 fully saturated rings. The first kappa shape index (κ1) is 15.9. The molecule has 3 rings (SSSR count). The first-order valence-electron chi connectivity index (χ1n) is 8.02. The van der Waals surface area contributed by atoms with Gasteiger partial charge in [-0.25, -0.2) is 4.39 Å². The van der Waals surface area contributed by atoms with Gasteiger partial charge < -0.3 is 15.0 Å². The number of carbonyl (C=O) groups is 2. The van der Waals surface area contributed by atoms with E-state index >= 15 is 0 Å². The van der Waals surface area contributed by atoms with Crippen LogP contribution >= 0.6 is 0 Å². The summed E-state index contributed by atoms with van der Waals surface area (Å²) in [6.07, 6.45) is 1.85. The molecule has 0 bridgehead atoms. The average molecular weight is 320 g/mol. The maximum atomic E-state index is 12.8. The summed E-state index contributed by atoms with van der Waals surface area (Å²) >= 11 is 0. The number of nitrogens with one attached hydrogen (secondary N) is 1. The number of hydrogen-bond donors (Lipinski definition) is 1. The monoisotopic (exact) mass is 320 g/mol. The Balaban J connectivity index is 1.51. The van der Waals surface area contributed by atoms with Crippen molar-refractivity contribution in [3.8, 4) is 0 Å². The number of rotatable bonds is 5. The molecular weight excluding hydrogens is 299 g/mol. The molecule has 6 heteroatoms. The molecule has 5 nitrogen and oxygen atoms in total. The number of halogens is 1. The number of amides is 2. The molecule has 1 aliphatic carbocycles. The van der Waals surface area contributed by atoms with Gasteiger partial charge in [0.2, 0.25) is 11.8 Å². The van der Waals surface area contributed by atoms with Gasteiger partial charge in [-0.1, -0.05) is 12.1 Å². The van der Waals surface area contributed by atoms with E-state index in [0.717, 1.165) is 5.56 Å². The van der Waals surface area contributed by atoms with Crippen LogP contribution in [-0.2, 0) is 20.7 Å². The zero-order valence-corrected chi connectivity index (χ0v) is 13.0. The lowest BCUT2D eigenvalue weighted by Crippen LogP contribution is -2.49. The van der Waals surface area contributed by atoms with Crippen LogP contribution in [0.4, 0.5) is 4.39 Å². The second-order valence-corrected chi connectivity index (χ2v) is 6.12. The molecule has 23 heavy (non-hydrogen) atoms. The first-order valence-corrected chi connectivity index (χ1v) is 8.02. The molecule has 0 spiro atoms. The number of nitrogens with zero attached hydrogens (tertiary/aromatic N) is 1. The molecule has 0 aromatic heterocycles. The van der Waals surface area contributed by atoms with E-state index in [2.05, 4.69) is 5.32 Å². The number of carbonyl (C=O) groups excluding carboxylic acids is 2. The summed E-state index contributed by atoms with van der Waals surface area (Å²) < 4.78 is 18.1. The van der Waals surface area contributed by atoms with E-state index in [1.165, 1.54) is 12.1 Å². The minimum Gasteiger partial charge on any atom is -0.378 e. The van der Waals surface area contributed by atoms with Gasteiger partial charge in [0, 0.05) is 19.6 Å². The molecule has 1 saturated carbocycles. The lowest BCUT2D eigenvalue weighted by atomic mass is 10.0. The molecule has 0 atom stereocenters. The second-order valence-electron chi connectivity index (χ2n) is 6.12. The number of hydrogen-bond acceptors (Lipinski definition) is 3. The van der Waals surface area contributed by atoms with E-state index in [4.69, 9.17) is 4.74 Å². The third kappa shape index (κ3) is 3.52. The Kier molecular flexibility index (Phi) is 4.61. The lowest BCUT2D eigenvalue weighted by Gasteiger charge is -2.30. The van der Waals surface area contributed by atoms with E-state index in [1.807, 2.05) is 0 Å². The third-order valence-corrected chi connectivity index (χ3v) is 4.50. The topological polar surface area (TPSA) is 58.6 Å². The fraction of sp³-hybridized carbons (Fsp3) is 0.529. The summed E-state index contributed by atoms with van der Waals surface area (Å²) in [4.78, 5) is 26.7. The Bertz CT molecular complexity index is 578. The van der Waals surface area contributed by atoms with Gasteiger partial charge in [-0.05, 0) is 37.0 Å². The average Bonchev–Trinajstić information content (AvgIpc) is 3.38. The standard InChI is InChI=1S/C17H21FN2O3/c18-14-3-1-13(2-4-14)5-8-19-15(21)17(6-7-17)16(22)20-9-11-23-12-10-20/h1-4H,5-12H2,(H,19,21). The third-order valence-electron chi connectivity index (χ3n) is 4.50. The summed E-state index contributed by atoms with van der Waals surface area (Å²) in [5.41, 5.74) is 0.0937. The molecule has 1 aliphatic heterocycles. The van der Waals surface area contributed by atoms with Gasteiger partial charge in [0.15, 0.2) is 0 Å². The predicted octanol–water partition coefficient (Wildman–Crippen LogP) is 1.12. The highest BCUT2D eigenvalue weighted by Crippen LogP contribution is 2.47. The van der Waals surface area contributed by atoms with Crippen LogP contribution in [0.25, 0.3) is 0 Å². The molecular formula is C17H21FN2O3. The zero-order chi connectivity index (χ0) is 16.3. The molecule has 1 N–H and O–H groups in total. The summed E-state index contributed by atoms with van der Waals surface area (Å²) in [5, 5.41) is 2.86. The van der Waals surface area contributed by atoms with Crippen LogP contribution in [0, 0.1) is 11.2 Å². The Morgan fingerprint density at radius 2 is 1.83 bits per heavy atom. The number of morpholine rings is 1. The minimum absolute atomic E-state index is 0.0694. The Morgan fingerprint density at radius 1 is 1.17 bits per heavy atom. The quantitative estimate of drug-likeness (QED) is 0.827.